The number of carbonyl (C=O) groups excluding carboxylic acids is 1. The first kappa shape index (κ1) is 22.0. The highest BCUT2D eigenvalue weighted by atomic mass is 16.5. The molecule has 7 nitrogen and oxygen atoms in total. The van der Waals surface area contributed by atoms with Gasteiger partial charge in [-0.2, -0.15) is 0 Å². The number of aliphatic hydroxyl groups excluding tert-OH is 1. The highest BCUT2D eigenvalue weighted by molar-refractivity contribution is 6.05. The molecule has 1 aliphatic rings. The number of carboxylic acids is 1. The highest BCUT2D eigenvalue weighted by Crippen LogP contribution is 2.44. The largest absolute Gasteiger partial charge is 0.503 e. The van der Waals surface area contributed by atoms with Gasteiger partial charge in [0.2, 0.25) is 0 Å². The average molecular weight is 445 g/mol. The van der Waals surface area contributed by atoms with E-state index in [4.69, 9.17) is 9.47 Å². The van der Waals surface area contributed by atoms with Crippen LogP contribution in [0.3, 0.4) is 0 Å². The maximum absolute atomic E-state index is 13.2. The summed E-state index contributed by atoms with van der Waals surface area (Å²) >= 11 is 0. The summed E-state index contributed by atoms with van der Waals surface area (Å²) in [4.78, 5) is 26.1. The number of nitrogens with zero attached hydrogens (tertiary/aromatic N) is 1. The summed E-state index contributed by atoms with van der Waals surface area (Å²) in [5.74, 6) is -0.509. The first-order chi connectivity index (χ1) is 15.9. The number of ether oxygens (including phenoxy) is 2. The standard InChI is InChI=1S/C26H23NO6/c1-32-20-11-3-16(4-12-20)15-27-23(18-5-7-19(8-6-18)26(30)31)22(24(28)25(27)29)17-9-13-21(33-2)14-10-17/h3-14,23,28H,15H2,1-2H3,(H,30,31)/t23-/m1/s1. The lowest BCUT2D eigenvalue weighted by Crippen LogP contribution is -2.29. The molecule has 0 aliphatic carbocycles. The Bertz CT molecular complexity index is 1200. The van der Waals surface area contributed by atoms with Crippen LogP contribution in [0.5, 0.6) is 11.5 Å². The Labute approximate surface area is 191 Å². The van der Waals surface area contributed by atoms with E-state index in [0.717, 1.165) is 5.56 Å². The molecule has 4 rings (SSSR count). The van der Waals surface area contributed by atoms with E-state index in [2.05, 4.69) is 0 Å². The van der Waals surface area contributed by atoms with Crippen molar-refractivity contribution in [2.75, 3.05) is 14.2 Å². The molecule has 0 spiro atoms. The molecule has 2 N–H and O–H groups in total. The van der Waals surface area contributed by atoms with Crippen molar-refractivity contribution in [1.29, 1.82) is 0 Å². The van der Waals surface area contributed by atoms with Crippen molar-refractivity contribution >= 4 is 17.4 Å². The fourth-order valence-corrected chi connectivity index (χ4v) is 3.96. The molecule has 3 aromatic carbocycles. The van der Waals surface area contributed by atoms with E-state index in [1.165, 1.54) is 12.1 Å². The van der Waals surface area contributed by atoms with Gasteiger partial charge in [-0.1, -0.05) is 36.4 Å². The van der Waals surface area contributed by atoms with E-state index in [1.807, 2.05) is 24.3 Å². The number of hydrogen-bond acceptors (Lipinski definition) is 5. The maximum atomic E-state index is 13.2. The van der Waals surface area contributed by atoms with Gasteiger partial charge in [-0.05, 0) is 53.1 Å². The van der Waals surface area contributed by atoms with Gasteiger partial charge in [-0.25, -0.2) is 4.79 Å². The molecule has 0 saturated heterocycles. The molecule has 1 heterocycles. The van der Waals surface area contributed by atoms with Crippen LogP contribution in [-0.4, -0.2) is 41.2 Å². The third-order valence-electron chi connectivity index (χ3n) is 5.69. The second-order valence-electron chi connectivity index (χ2n) is 7.60. The lowest BCUT2D eigenvalue weighted by atomic mass is 9.92. The predicted octanol–water partition coefficient (Wildman–Crippen LogP) is 4.45. The molecule has 0 radical (unpaired) electrons. The van der Waals surface area contributed by atoms with Crippen LogP contribution in [0.25, 0.3) is 5.57 Å². The molecule has 1 aliphatic heterocycles. The summed E-state index contributed by atoms with van der Waals surface area (Å²) in [6, 6.07) is 20.2. The molecule has 0 unspecified atom stereocenters. The molecular weight excluding hydrogens is 422 g/mol. The van der Waals surface area contributed by atoms with Gasteiger partial charge in [0.1, 0.15) is 11.5 Å². The van der Waals surface area contributed by atoms with Crippen molar-refractivity contribution in [3.8, 4) is 11.5 Å². The highest BCUT2D eigenvalue weighted by Gasteiger charge is 2.41. The summed E-state index contributed by atoms with van der Waals surface area (Å²) < 4.78 is 10.4. The van der Waals surface area contributed by atoms with Crippen molar-refractivity contribution in [2.45, 2.75) is 12.6 Å². The number of benzene rings is 3. The summed E-state index contributed by atoms with van der Waals surface area (Å²) in [6.45, 7) is 0.248. The minimum absolute atomic E-state index is 0.143. The van der Waals surface area contributed by atoms with Gasteiger partial charge in [-0.15, -0.1) is 0 Å². The second-order valence-corrected chi connectivity index (χ2v) is 7.60. The Kier molecular flexibility index (Phi) is 6.04. The molecule has 33 heavy (non-hydrogen) atoms. The quantitative estimate of drug-likeness (QED) is 0.558. The van der Waals surface area contributed by atoms with Crippen LogP contribution in [0.1, 0.15) is 33.1 Å². The van der Waals surface area contributed by atoms with Crippen LogP contribution in [0.4, 0.5) is 0 Å². The van der Waals surface area contributed by atoms with Gasteiger partial charge in [0.25, 0.3) is 5.91 Å². The Morgan fingerprint density at radius 3 is 1.94 bits per heavy atom. The van der Waals surface area contributed by atoms with E-state index >= 15 is 0 Å². The van der Waals surface area contributed by atoms with Crippen molar-refractivity contribution in [2.24, 2.45) is 0 Å². The lowest BCUT2D eigenvalue weighted by molar-refractivity contribution is -0.130. The Morgan fingerprint density at radius 1 is 0.879 bits per heavy atom. The van der Waals surface area contributed by atoms with Gasteiger partial charge in [-0.3, -0.25) is 4.79 Å². The minimum atomic E-state index is -1.03. The van der Waals surface area contributed by atoms with E-state index in [0.29, 0.717) is 28.2 Å². The number of aliphatic hydroxyl groups is 1. The molecule has 7 heteroatoms. The van der Waals surface area contributed by atoms with Crippen LogP contribution in [0.2, 0.25) is 0 Å². The molecular formula is C26H23NO6. The average Bonchev–Trinajstić information content (AvgIpc) is 3.09. The number of methoxy groups -OCH3 is 2. The van der Waals surface area contributed by atoms with E-state index in [9.17, 15) is 19.8 Å². The van der Waals surface area contributed by atoms with E-state index in [-0.39, 0.29) is 17.9 Å². The number of carboxylic acid groups (broad SMARTS) is 1. The molecule has 0 bridgehead atoms. The molecule has 3 aromatic rings. The van der Waals surface area contributed by atoms with E-state index in [1.54, 1.807) is 55.5 Å². The molecule has 0 aromatic heterocycles. The normalized spacial score (nSPS) is 15.6. The van der Waals surface area contributed by atoms with Crippen LogP contribution in [0.15, 0.2) is 78.6 Å². The van der Waals surface area contributed by atoms with Crippen LogP contribution >= 0.6 is 0 Å². The zero-order valence-corrected chi connectivity index (χ0v) is 18.2. The minimum Gasteiger partial charge on any atom is -0.503 e. The third kappa shape index (κ3) is 4.25. The van der Waals surface area contributed by atoms with Gasteiger partial charge >= 0.3 is 5.97 Å². The van der Waals surface area contributed by atoms with Crippen LogP contribution in [0, 0.1) is 0 Å². The van der Waals surface area contributed by atoms with Crippen LogP contribution in [-0.2, 0) is 11.3 Å². The van der Waals surface area contributed by atoms with Gasteiger partial charge in [0, 0.05) is 12.1 Å². The SMILES string of the molecule is COc1ccc(CN2C(=O)C(O)=C(c3ccc(OC)cc3)[C@H]2c2ccc(C(=O)O)cc2)cc1. The molecule has 1 amide bonds. The fourth-order valence-electron chi connectivity index (χ4n) is 3.96. The summed E-state index contributed by atoms with van der Waals surface area (Å²) in [5.41, 5.74) is 2.83. The molecule has 1 atom stereocenters. The van der Waals surface area contributed by atoms with Crippen molar-refractivity contribution in [3.05, 3.63) is 101 Å². The monoisotopic (exact) mass is 445 g/mol. The van der Waals surface area contributed by atoms with Gasteiger partial charge in [0.15, 0.2) is 5.76 Å². The fraction of sp³-hybridized carbons (Fsp3) is 0.154. The topological polar surface area (TPSA) is 96.3 Å². The van der Waals surface area contributed by atoms with Crippen LogP contribution < -0.4 is 9.47 Å². The van der Waals surface area contributed by atoms with Gasteiger partial charge in [0.05, 0.1) is 25.8 Å². The maximum Gasteiger partial charge on any atom is 0.335 e. The van der Waals surface area contributed by atoms with Crippen molar-refractivity contribution < 1.29 is 29.3 Å². The lowest BCUT2D eigenvalue weighted by Gasteiger charge is -2.27. The first-order valence-corrected chi connectivity index (χ1v) is 10.3. The summed E-state index contributed by atoms with van der Waals surface area (Å²) in [6.07, 6.45) is 0. The second kappa shape index (κ2) is 9.08. The Hall–Kier alpha value is -4.26. The Balaban J connectivity index is 1.77. The first-order valence-electron chi connectivity index (χ1n) is 10.3. The molecule has 0 fully saturated rings. The summed E-state index contributed by atoms with van der Waals surface area (Å²) in [5, 5.41) is 20.1. The number of rotatable bonds is 7. The smallest absolute Gasteiger partial charge is 0.335 e. The number of carbonyl (C=O) groups is 2. The Morgan fingerprint density at radius 2 is 1.42 bits per heavy atom. The summed E-state index contributed by atoms with van der Waals surface area (Å²) in [7, 11) is 3.15. The predicted molar refractivity (Wildman–Crippen MR) is 122 cm³/mol. The van der Waals surface area contributed by atoms with E-state index < -0.39 is 17.9 Å². The number of aromatic carboxylic acids is 1. The van der Waals surface area contributed by atoms with Gasteiger partial charge < -0.3 is 24.6 Å². The molecule has 168 valence electrons. The zero-order chi connectivity index (χ0) is 23.5. The number of amides is 1. The molecule has 0 saturated carbocycles. The zero-order valence-electron chi connectivity index (χ0n) is 18.2. The third-order valence-corrected chi connectivity index (χ3v) is 5.69. The van der Waals surface area contributed by atoms with Crippen molar-refractivity contribution in [3.63, 3.8) is 0 Å². The van der Waals surface area contributed by atoms with Crippen molar-refractivity contribution in [1.82, 2.24) is 4.90 Å². The number of hydrogen-bond donors (Lipinski definition) is 2.